The first-order valence-corrected chi connectivity index (χ1v) is 9.81. The summed E-state index contributed by atoms with van der Waals surface area (Å²) >= 11 is 5.88. The highest BCUT2D eigenvalue weighted by molar-refractivity contribution is 7.91. The maximum atomic E-state index is 11.7. The lowest BCUT2D eigenvalue weighted by Crippen LogP contribution is -2.33. The van der Waals surface area contributed by atoms with E-state index in [9.17, 15) is 8.42 Å². The minimum atomic E-state index is -2.98. The molecule has 5 heteroatoms. The van der Waals surface area contributed by atoms with E-state index in [1.807, 2.05) is 26.0 Å². The Balaban J connectivity index is 2.15. The fraction of sp³-hybridized carbons (Fsp3) is 0.625. The third kappa shape index (κ3) is 4.13. The van der Waals surface area contributed by atoms with Gasteiger partial charge in [-0.25, -0.2) is 8.42 Å². The highest BCUT2D eigenvalue weighted by atomic mass is 35.5. The van der Waals surface area contributed by atoms with Crippen LogP contribution < -0.4 is 4.74 Å². The van der Waals surface area contributed by atoms with Crippen LogP contribution >= 0.6 is 11.6 Å². The van der Waals surface area contributed by atoms with E-state index in [4.69, 9.17) is 16.3 Å². The molecule has 0 spiro atoms. The van der Waals surface area contributed by atoms with Crippen molar-refractivity contribution in [1.29, 1.82) is 0 Å². The third-order valence-electron chi connectivity index (χ3n) is 4.14. The standard InChI is InChI=1S/C16H23ClO3S/c1-11-7-13(10-17)8-12(2)16(11)20-14-5-4-6-15(9-14)21(3,18)19/h7-8,14-15H,4-6,9-10H2,1-3H3. The van der Waals surface area contributed by atoms with Crippen LogP contribution in [0.3, 0.4) is 0 Å². The monoisotopic (exact) mass is 330 g/mol. The van der Waals surface area contributed by atoms with Gasteiger partial charge in [0.1, 0.15) is 15.6 Å². The lowest BCUT2D eigenvalue weighted by molar-refractivity contribution is 0.154. The summed E-state index contributed by atoms with van der Waals surface area (Å²) in [5.41, 5.74) is 3.20. The van der Waals surface area contributed by atoms with Crippen LogP contribution in [0.25, 0.3) is 0 Å². The van der Waals surface area contributed by atoms with Gasteiger partial charge in [0.2, 0.25) is 0 Å². The Morgan fingerprint density at radius 1 is 1.24 bits per heavy atom. The first-order valence-electron chi connectivity index (χ1n) is 7.33. The second-order valence-electron chi connectivity index (χ2n) is 6.05. The van der Waals surface area contributed by atoms with Crippen molar-refractivity contribution in [2.45, 2.75) is 56.8 Å². The molecule has 3 nitrogen and oxygen atoms in total. The average molecular weight is 331 g/mol. The number of rotatable bonds is 4. The zero-order chi connectivity index (χ0) is 15.6. The van der Waals surface area contributed by atoms with E-state index in [2.05, 4.69) is 0 Å². The van der Waals surface area contributed by atoms with E-state index >= 15 is 0 Å². The molecule has 0 bridgehead atoms. The Kier molecular flexibility index (Phi) is 5.20. The smallest absolute Gasteiger partial charge is 0.150 e. The van der Waals surface area contributed by atoms with Gasteiger partial charge in [0, 0.05) is 18.6 Å². The van der Waals surface area contributed by atoms with Crippen LogP contribution in [-0.4, -0.2) is 26.0 Å². The SMILES string of the molecule is Cc1cc(CCl)cc(C)c1OC1CCCC(S(C)(=O)=O)C1. The molecule has 0 aromatic heterocycles. The Labute approximate surface area is 132 Å². The number of halogens is 1. The fourth-order valence-corrected chi connectivity index (χ4v) is 4.38. The fourth-order valence-electron chi connectivity index (χ4n) is 3.07. The van der Waals surface area contributed by atoms with E-state index in [1.165, 1.54) is 6.26 Å². The Morgan fingerprint density at radius 2 is 1.86 bits per heavy atom. The molecule has 2 rings (SSSR count). The van der Waals surface area contributed by atoms with Gasteiger partial charge in [-0.1, -0.05) is 12.1 Å². The highest BCUT2D eigenvalue weighted by Gasteiger charge is 2.30. The molecule has 1 aromatic carbocycles. The Hall–Kier alpha value is -0.740. The number of hydrogen-bond acceptors (Lipinski definition) is 3. The van der Waals surface area contributed by atoms with Crippen LogP contribution in [0.15, 0.2) is 12.1 Å². The maximum absolute atomic E-state index is 11.7. The zero-order valence-corrected chi connectivity index (χ0v) is 14.4. The van der Waals surface area contributed by atoms with E-state index < -0.39 is 9.84 Å². The quantitative estimate of drug-likeness (QED) is 0.789. The van der Waals surface area contributed by atoms with Crippen molar-refractivity contribution in [3.05, 3.63) is 28.8 Å². The van der Waals surface area contributed by atoms with Crippen LogP contribution in [0.1, 0.15) is 42.4 Å². The topological polar surface area (TPSA) is 43.4 Å². The van der Waals surface area contributed by atoms with Crippen molar-refractivity contribution in [1.82, 2.24) is 0 Å². The van der Waals surface area contributed by atoms with Crippen LogP contribution in [0.2, 0.25) is 0 Å². The number of sulfone groups is 1. The number of benzene rings is 1. The van der Waals surface area contributed by atoms with E-state index in [-0.39, 0.29) is 11.4 Å². The van der Waals surface area contributed by atoms with Crippen LogP contribution in [0, 0.1) is 13.8 Å². The van der Waals surface area contributed by atoms with E-state index in [0.29, 0.717) is 12.3 Å². The molecule has 0 saturated heterocycles. The molecule has 2 unspecified atom stereocenters. The Morgan fingerprint density at radius 3 is 2.38 bits per heavy atom. The number of alkyl halides is 1. The van der Waals surface area contributed by atoms with Gasteiger partial charge in [0.15, 0.2) is 0 Å². The molecule has 1 saturated carbocycles. The summed E-state index contributed by atoms with van der Waals surface area (Å²) in [6, 6.07) is 4.07. The summed E-state index contributed by atoms with van der Waals surface area (Å²) in [5.74, 6) is 1.37. The first-order chi connectivity index (χ1) is 9.81. The van der Waals surface area contributed by atoms with Crippen molar-refractivity contribution in [3.8, 4) is 5.75 Å². The molecule has 0 aliphatic heterocycles. The summed E-state index contributed by atoms with van der Waals surface area (Å²) in [4.78, 5) is 0. The van der Waals surface area contributed by atoms with Crippen LogP contribution in [-0.2, 0) is 15.7 Å². The molecule has 0 amide bonds. The molecular weight excluding hydrogens is 308 g/mol. The second kappa shape index (κ2) is 6.57. The van der Waals surface area contributed by atoms with Gasteiger partial charge in [0.25, 0.3) is 0 Å². The molecule has 0 N–H and O–H groups in total. The van der Waals surface area contributed by atoms with Crippen LogP contribution in [0.4, 0.5) is 0 Å². The highest BCUT2D eigenvalue weighted by Crippen LogP contribution is 2.31. The molecule has 118 valence electrons. The minimum absolute atomic E-state index is 0.0160. The van der Waals surface area contributed by atoms with Crippen molar-refractivity contribution >= 4 is 21.4 Å². The molecular formula is C16H23ClO3S. The molecule has 1 aliphatic rings. The lowest BCUT2D eigenvalue weighted by atomic mass is 9.96. The van der Waals surface area contributed by atoms with Gasteiger partial charge < -0.3 is 4.74 Å². The minimum Gasteiger partial charge on any atom is -0.490 e. The molecule has 21 heavy (non-hydrogen) atoms. The largest absolute Gasteiger partial charge is 0.490 e. The summed E-state index contributed by atoms with van der Waals surface area (Å²) in [6.45, 7) is 4.02. The lowest BCUT2D eigenvalue weighted by Gasteiger charge is -2.29. The Bertz CT molecular complexity index is 587. The van der Waals surface area contributed by atoms with Crippen LogP contribution in [0.5, 0.6) is 5.75 Å². The van der Waals surface area contributed by atoms with Crippen molar-refractivity contribution in [3.63, 3.8) is 0 Å². The number of ether oxygens (including phenoxy) is 1. The molecule has 0 radical (unpaired) electrons. The maximum Gasteiger partial charge on any atom is 0.150 e. The summed E-state index contributed by atoms with van der Waals surface area (Å²) in [5, 5.41) is -0.265. The van der Waals surface area contributed by atoms with Gasteiger partial charge in [-0.15, -0.1) is 11.6 Å². The number of hydrogen-bond donors (Lipinski definition) is 0. The van der Waals surface area contributed by atoms with Crippen molar-refractivity contribution < 1.29 is 13.2 Å². The summed E-state index contributed by atoms with van der Waals surface area (Å²) in [6.07, 6.45) is 4.48. The predicted molar refractivity (Wildman–Crippen MR) is 87.0 cm³/mol. The predicted octanol–water partition coefficient (Wildman–Crippen LogP) is 3.78. The summed E-state index contributed by atoms with van der Waals surface area (Å²) in [7, 11) is -2.98. The second-order valence-corrected chi connectivity index (χ2v) is 8.64. The zero-order valence-electron chi connectivity index (χ0n) is 12.9. The van der Waals surface area contributed by atoms with E-state index in [1.54, 1.807) is 0 Å². The first kappa shape index (κ1) is 16.6. The average Bonchev–Trinajstić information content (AvgIpc) is 2.42. The molecule has 1 aliphatic carbocycles. The van der Waals surface area contributed by atoms with Gasteiger partial charge in [-0.2, -0.15) is 0 Å². The van der Waals surface area contributed by atoms with Crippen molar-refractivity contribution in [2.75, 3.05) is 6.26 Å². The summed E-state index contributed by atoms with van der Waals surface area (Å²) < 4.78 is 29.6. The van der Waals surface area contributed by atoms with Gasteiger partial charge in [-0.3, -0.25) is 0 Å². The molecule has 1 fully saturated rings. The van der Waals surface area contributed by atoms with Gasteiger partial charge >= 0.3 is 0 Å². The van der Waals surface area contributed by atoms with E-state index in [0.717, 1.165) is 41.7 Å². The molecule has 1 aromatic rings. The van der Waals surface area contributed by atoms with Gasteiger partial charge in [0.05, 0.1) is 11.4 Å². The van der Waals surface area contributed by atoms with Crippen molar-refractivity contribution in [2.24, 2.45) is 0 Å². The molecule has 2 atom stereocenters. The van der Waals surface area contributed by atoms with Gasteiger partial charge in [-0.05, 0) is 49.8 Å². The number of aryl methyl sites for hydroxylation is 2. The molecule has 0 heterocycles. The normalized spacial score (nSPS) is 23.0. The third-order valence-corrected chi connectivity index (χ3v) is 6.09.